The number of hydrogen-bond donors (Lipinski definition) is 2. The summed E-state index contributed by atoms with van der Waals surface area (Å²) in [6.45, 7) is 7.96. The summed E-state index contributed by atoms with van der Waals surface area (Å²) in [7, 11) is -4.26. The molecule has 0 aliphatic carbocycles. The lowest BCUT2D eigenvalue weighted by Crippen LogP contribution is -2.10. The average Bonchev–Trinajstić information content (AvgIpc) is 2.34. The Morgan fingerprint density at radius 2 is 1.57 bits per heavy atom. The van der Waals surface area contributed by atoms with E-state index in [0.29, 0.717) is 5.39 Å². The minimum atomic E-state index is -4.26. The Morgan fingerprint density at radius 1 is 1.00 bits per heavy atom. The Hall–Kier alpha value is -1.43. The highest BCUT2D eigenvalue weighted by molar-refractivity contribution is 7.86. The summed E-state index contributed by atoms with van der Waals surface area (Å²) in [4.78, 5) is 0.0642. The van der Waals surface area contributed by atoms with Crippen molar-refractivity contribution in [3.05, 3.63) is 41.5 Å². The topological polar surface area (TPSA) is 89.4 Å². The summed E-state index contributed by atoms with van der Waals surface area (Å²) in [6.07, 6.45) is 0. The molecule has 116 valence electrons. The monoisotopic (exact) mass is 309 g/mol. The Kier molecular flexibility index (Phi) is 5.15. The third-order valence-corrected chi connectivity index (χ3v) is 4.49. The molecule has 21 heavy (non-hydrogen) atoms. The van der Waals surface area contributed by atoms with Crippen LogP contribution in [0.2, 0.25) is 0 Å². The van der Waals surface area contributed by atoms with Gasteiger partial charge in [-0.1, -0.05) is 58.0 Å². The maximum absolute atomic E-state index is 11.9. The molecule has 0 atom stereocenters. The van der Waals surface area contributed by atoms with Crippen molar-refractivity contribution in [3.63, 3.8) is 0 Å². The van der Waals surface area contributed by atoms with E-state index in [2.05, 4.69) is 0 Å². The van der Waals surface area contributed by atoms with Crippen LogP contribution in [0.15, 0.2) is 35.2 Å². The second-order valence-corrected chi connectivity index (χ2v) is 7.07. The predicted molar refractivity (Wildman–Crippen MR) is 87.0 cm³/mol. The van der Waals surface area contributed by atoms with E-state index in [0.717, 1.165) is 16.5 Å². The van der Waals surface area contributed by atoms with Crippen molar-refractivity contribution in [3.8, 4) is 0 Å². The van der Waals surface area contributed by atoms with Gasteiger partial charge >= 0.3 is 0 Å². The fourth-order valence-electron chi connectivity index (χ4n) is 2.70. The maximum atomic E-state index is 11.9. The maximum Gasteiger partial charge on any atom is 0.295 e. The Bertz CT molecular complexity index is 749. The number of benzene rings is 2. The minimum absolute atomic E-state index is 0. The molecule has 2 aromatic carbocycles. The van der Waals surface area contributed by atoms with Gasteiger partial charge in [0.15, 0.2) is 0 Å². The van der Waals surface area contributed by atoms with Gasteiger partial charge in [0.25, 0.3) is 10.1 Å². The molecule has 4 N–H and O–H groups in total. The summed E-state index contributed by atoms with van der Waals surface area (Å²) in [6, 6.07) is 9.31. The molecule has 5 heteroatoms. The van der Waals surface area contributed by atoms with Crippen LogP contribution in [0.25, 0.3) is 10.8 Å². The first-order valence-electron chi connectivity index (χ1n) is 6.76. The molecule has 2 rings (SSSR count). The van der Waals surface area contributed by atoms with Crippen molar-refractivity contribution in [2.24, 2.45) is 0 Å². The molecule has 0 saturated carbocycles. The van der Waals surface area contributed by atoms with Crippen molar-refractivity contribution < 1.29 is 13.0 Å². The van der Waals surface area contributed by atoms with Crippen LogP contribution in [0.4, 0.5) is 0 Å². The van der Waals surface area contributed by atoms with E-state index in [-0.39, 0.29) is 22.9 Å². The van der Waals surface area contributed by atoms with E-state index < -0.39 is 10.1 Å². The summed E-state index contributed by atoms with van der Waals surface area (Å²) >= 11 is 0. The first-order valence-corrected chi connectivity index (χ1v) is 8.20. The van der Waals surface area contributed by atoms with Crippen LogP contribution < -0.4 is 6.15 Å². The lowest BCUT2D eigenvalue weighted by Gasteiger charge is -2.21. The molecule has 0 amide bonds. The Labute approximate surface area is 126 Å². The highest BCUT2D eigenvalue weighted by atomic mass is 32.2. The normalized spacial score (nSPS) is 12.0. The van der Waals surface area contributed by atoms with E-state index in [9.17, 15) is 13.0 Å². The van der Waals surface area contributed by atoms with E-state index in [1.54, 1.807) is 12.1 Å². The molecule has 4 nitrogen and oxygen atoms in total. The molecular formula is C16H23NO3S. The van der Waals surface area contributed by atoms with Crippen molar-refractivity contribution in [2.45, 2.75) is 44.4 Å². The zero-order valence-electron chi connectivity index (χ0n) is 12.9. The van der Waals surface area contributed by atoms with E-state index >= 15 is 0 Å². The van der Waals surface area contributed by atoms with Gasteiger partial charge in [-0.05, 0) is 28.3 Å². The zero-order valence-corrected chi connectivity index (χ0v) is 13.7. The van der Waals surface area contributed by atoms with Gasteiger partial charge in [0.1, 0.15) is 4.90 Å². The Morgan fingerprint density at radius 3 is 2.05 bits per heavy atom. The quantitative estimate of drug-likeness (QED) is 0.817. The lowest BCUT2D eigenvalue weighted by atomic mass is 9.88. The second kappa shape index (κ2) is 6.13. The van der Waals surface area contributed by atoms with Gasteiger partial charge in [-0.2, -0.15) is 8.42 Å². The van der Waals surface area contributed by atoms with Crippen LogP contribution in [0.1, 0.15) is 50.7 Å². The van der Waals surface area contributed by atoms with Crippen LogP contribution in [0.5, 0.6) is 0 Å². The van der Waals surface area contributed by atoms with Crippen LogP contribution in [-0.4, -0.2) is 13.0 Å². The van der Waals surface area contributed by atoms with Gasteiger partial charge in [0.2, 0.25) is 0 Å². The van der Waals surface area contributed by atoms with Crippen LogP contribution in [-0.2, 0) is 10.1 Å². The van der Waals surface area contributed by atoms with Crippen LogP contribution >= 0.6 is 0 Å². The van der Waals surface area contributed by atoms with Crippen LogP contribution in [0, 0.1) is 0 Å². The van der Waals surface area contributed by atoms with Crippen molar-refractivity contribution in [1.29, 1.82) is 0 Å². The molecular weight excluding hydrogens is 286 g/mol. The van der Waals surface area contributed by atoms with E-state index in [1.807, 2.05) is 45.9 Å². The molecule has 2 aromatic rings. The number of fused-ring (bicyclic) bond motifs is 1. The third-order valence-electron chi connectivity index (χ3n) is 3.53. The molecule has 0 fully saturated rings. The molecule has 0 aliphatic heterocycles. The van der Waals surface area contributed by atoms with Gasteiger partial charge in [-0.15, -0.1) is 0 Å². The van der Waals surface area contributed by atoms with Gasteiger partial charge in [-0.3, -0.25) is 4.55 Å². The average molecular weight is 309 g/mol. The SMILES string of the molecule is CC(C)c1cc2ccccc2c(S(=O)(=O)O)c1C(C)C.N. The molecule has 0 bridgehead atoms. The molecule has 0 aromatic heterocycles. The highest BCUT2D eigenvalue weighted by Crippen LogP contribution is 2.37. The third kappa shape index (κ3) is 3.26. The highest BCUT2D eigenvalue weighted by Gasteiger charge is 2.25. The lowest BCUT2D eigenvalue weighted by molar-refractivity contribution is 0.482. The van der Waals surface area contributed by atoms with Gasteiger partial charge in [-0.25, -0.2) is 0 Å². The summed E-state index contributed by atoms with van der Waals surface area (Å²) < 4.78 is 33.5. The summed E-state index contributed by atoms with van der Waals surface area (Å²) in [5.74, 6) is 0.214. The number of hydrogen-bond acceptors (Lipinski definition) is 3. The van der Waals surface area contributed by atoms with Crippen molar-refractivity contribution >= 4 is 20.9 Å². The van der Waals surface area contributed by atoms with E-state index in [4.69, 9.17) is 0 Å². The largest absolute Gasteiger partial charge is 0.344 e. The molecule has 0 unspecified atom stereocenters. The smallest absolute Gasteiger partial charge is 0.295 e. The summed E-state index contributed by atoms with van der Waals surface area (Å²) in [5.41, 5.74) is 1.70. The first kappa shape index (κ1) is 17.6. The molecule has 0 spiro atoms. The molecule has 0 aliphatic rings. The van der Waals surface area contributed by atoms with Gasteiger partial charge in [0, 0.05) is 5.39 Å². The number of rotatable bonds is 3. The zero-order chi connectivity index (χ0) is 15.1. The second-order valence-electron chi connectivity index (χ2n) is 5.71. The minimum Gasteiger partial charge on any atom is -0.344 e. The Balaban J connectivity index is 0.00000220. The van der Waals surface area contributed by atoms with Gasteiger partial charge < -0.3 is 6.15 Å². The van der Waals surface area contributed by atoms with Crippen molar-refractivity contribution in [1.82, 2.24) is 6.15 Å². The predicted octanol–water partition coefficient (Wildman–Crippen LogP) is 4.50. The van der Waals surface area contributed by atoms with Crippen molar-refractivity contribution in [2.75, 3.05) is 0 Å². The standard InChI is InChI=1S/C16H20O3S.H3N/c1-10(2)14-9-12-7-5-6-8-13(12)16(20(17,18)19)15(14)11(3)4;/h5-11H,1-4H3,(H,17,18,19);1H3. The van der Waals surface area contributed by atoms with Crippen LogP contribution in [0.3, 0.4) is 0 Å². The molecule has 0 heterocycles. The van der Waals surface area contributed by atoms with E-state index in [1.165, 1.54) is 0 Å². The van der Waals surface area contributed by atoms with Gasteiger partial charge in [0.05, 0.1) is 0 Å². The summed E-state index contributed by atoms with van der Waals surface area (Å²) in [5, 5.41) is 1.43. The molecule has 0 saturated heterocycles. The first-order chi connectivity index (χ1) is 9.23. The molecule has 0 radical (unpaired) electrons. The fraction of sp³-hybridized carbons (Fsp3) is 0.375. The fourth-order valence-corrected chi connectivity index (χ4v) is 3.80.